The van der Waals surface area contributed by atoms with E-state index in [0.717, 1.165) is 24.0 Å². The van der Waals surface area contributed by atoms with Crippen LogP contribution in [0.25, 0.3) is 11.1 Å². The van der Waals surface area contributed by atoms with E-state index in [1.807, 2.05) is 43.8 Å². The third-order valence-corrected chi connectivity index (χ3v) is 4.86. The molecule has 0 saturated carbocycles. The topological polar surface area (TPSA) is 87.8 Å². The molecule has 1 saturated heterocycles. The number of aliphatic hydroxyl groups is 1. The van der Waals surface area contributed by atoms with Crippen molar-refractivity contribution in [3.05, 3.63) is 36.2 Å². The molecule has 1 fully saturated rings. The maximum atomic E-state index is 12.2. The molecule has 7 nitrogen and oxygen atoms in total. The van der Waals surface area contributed by atoms with Crippen molar-refractivity contribution >= 4 is 6.09 Å². The molecule has 3 rings (SSSR count). The molecule has 0 spiro atoms. The summed E-state index contributed by atoms with van der Waals surface area (Å²) < 4.78 is 7.36. The number of rotatable bonds is 4. The second-order valence-corrected chi connectivity index (χ2v) is 8.23. The second-order valence-electron chi connectivity index (χ2n) is 8.23. The summed E-state index contributed by atoms with van der Waals surface area (Å²) in [4.78, 5) is 14.0. The predicted molar refractivity (Wildman–Crippen MR) is 106 cm³/mol. The molecule has 7 heteroatoms. The zero-order valence-electron chi connectivity index (χ0n) is 16.8. The number of aromatic hydroxyl groups is 1. The molecule has 0 bridgehead atoms. The number of nitrogens with zero attached hydrogens (tertiary/aromatic N) is 3. The third-order valence-electron chi connectivity index (χ3n) is 4.86. The first-order chi connectivity index (χ1) is 13.3. The number of benzene rings is 1. The van der Waals surface area contributed by atoms with E-state index in [-0.39, 0.29) is 24.5 Å². The van der Waals surface area contributed by atoms with E-state index in [1.165, 1.54) is 0 Å². The average molecular weight is 387 g/mol. The Kier molecular flexibility index (Phi) is 5.93. The van der Waals surface area contributed by atoms with Gasteiger partial charge in [-0.2, -0.15) is 5.10 Å². The highest BCUT2D eigenvalue weighted by atomic mass is 16.6. The van der Waals surface area contributed by atoms with Crippen molar-refractivity contribution in [2.24, 2.45) is 0 Å². The molecule has 152 valence electrons. The van der Waals surface area contributed by atoms with Crippen LogP contribution >= 0.6 is 0 Å². The first kappa shape index (κ1) is 20.2. The van der Waals surface area contributed by atoms with Gasteiger partial charge in [0.25, 0.3) is 0 Å². The maximum absolute atomic E-state index is 12.2. The van der Waals surface area contributed by atoms with Gasteiger partial charge in [0, 0.05) is 37.0 Å². The van der Waals surface area contributed by atoms with Gasteiger partial charge in [-0.05, 0) is 57.7 Å². The normalized spacial score (nSPS) is 15.6. The van der Waals surface area contributed by atoms with Crippen LogP contribution < -0.4 is 0 Å². The quantitative estimate of drug-likeness (QED) is 0.840. The molecule has 0 unspecified atom stereocenters. The molecule has 1 aromatic heterocycles. The smallest absolute Gasteiger partial charge is 0.410 e. The van der Waals surface area contributed by atoms with Crippen molar-refractivity contribution in [1.82, 2.24) is 14.7 Å². The Morgan fingerprint density at radius 3 is 2.64 bits per heavy atom. The summed E-state index contributed by atoms with van der Waals surface area (Å²) in [5.41, 5.74) is 2.03. The lowest BCUT2D eigenvalue weighted by Crippen LogP contribution is -2.42. The Morgan fingerprint density at radius 1 is 1.29 bits per heavy atom. The van der Waals surface area contributed by atoms with Crippen LogP contribution in [-0.2, 0) is 11.2 Å². The van der Waals surface area contributed by atoms with E-state index in [9.17, 15) is 9.90 Å². The molecule has 2 aromatic rings. The van der Waals surface area contributed by atoms with Gasteiger partial charge in [-0.1, -0.05) is 6.07 Å². The number of amides is 1. The van der Waals surface area contributed by atoms with Crippen LogP contribution in [0.15, 0.2) is 30.6 Å². The highest BCUT2D eigenvalue weighted by Gasteiger charge is 2.28. The number of aliphatic hydroxyl groups excluding tert-OH is 1. The number of hydrogen-bond acceptors (Lipinski definition) is 5. The van der Waals surface area contributed by atoms with E-state index in [2.05, 4.69) is 5.10 Å². The van der Waals surface area contributed by atoms with Gasteiger partial charge in [0.05, 0.1) is 12.2 Å². The number of carbonyl (C=O) groups is 1. The molecule has 1 amide bonds. The number of carbonyl (C=O) groups excluding carboxylic acids is 1. The molecular formula is C21H29N3O4. The second kappa shape index (κ2) is 8.22. The molecule has 28 heavy (non-hydrogen) atoms. The standard InChI is InChI=1S/C21H29N3O4/c1-21(2,3)28-20(27)23-9-6-17(7-10-23)24-14-16(13-22-24)18-12-15(8-11-25)4-5-19(18)26/h4-5,12-14,17,25-26H,6-11H2,1-3H3. The fourth-order valence-corrected chi connectivity index (χ4v) is 3.42. The van der Waals surface area contributed by atoms with Gasteiger partial charge in [0.15, 0.2) is 0 Å². The monoisotopic (exact) mass is 387 g/mol. The lowest BCUT2D eigenvalue weighted by Gasteiger charge is -2.33. The number of hydrogen-bond donors (Lipinski definition) is 2. The van der Waals surface area contributed by atoms with Gasteiger partial charge in [0.2, 0.25) is 0 Å². The third kappa shape index (κ3) is 4.84. The Labute approximate surface area is 165 Å². The van der Waals surface area contributed by atoms with Crippen LogP contribution in [0.1, 0.15) is 45.2 Å². The summed E-state index contributed by atoms with van der Waals surface area (Å²) in [6.45, 7) is 6.94. The number of likely N-dealkylation sites (tertiary alicyclic amines) is 1. The Bertz CT molecular complexity index is 817. The van der Waals surface area contributed by atoms with Crippen molar-refractivity contribution in [2.75, 3.05) is 19.7 Å². The summed E-state index contributed by atoms with van der Waals surface area (Å²) in [7, 11) is 0. The van der Waals surface area contributed by atoms with Gasteiger partial charge in [-0.15, -0.1) is 0 Å². The van der Waals surface area contributed by atoms with Crippen LogP contribution in [0.2, 0.25) is 0 Å². The van der Waals surface area contributed by atoms with Crippen molar-refractivity contribution in [3.8, 4) is 16.9 Å². The van der Waals surface area contributed by atoms with Gasteiger partial charge >= 0.3 is 6.09 Å². The molecular weight excluding hydrogens is 358 g/mol. The van der Waals surface area contributed by atoms with Gasteiger partial charge < -0.3 is 19.8 Å². The predicted octanol–water partition coefficient (Wildman–Crippen LogP) is 3.36. The molecule has 2 heterocycles. The number of phenolic OH excluding ortho intramolecular Hbond substituents is 1. The van der Waals surface area contributed by atoms with Gasteiger partial charge in [-0.25, -0.2) is 4.79 Å². The number of ether oxygens (including phenoxy) is 1. The summed E-state index contributed by atoms with van der Waals surface area (Å²) >= 11 is 0. The SMILES string of the molecule is CC(C)(C)OC(=O)N1CCC(n2cc(-c3cc(CCO)ccc3O)cn2)CC1. The fraction of sp³-hybridized carbons (Fsp3) is 0.524. The molecule has 1 aliphatic rings. The average Bonchev–Trinajstić information content (AvgIpc) is 3.12. The number of aromatic nitrogens is 2. The van der Waals surface area contributed by atoms with E-state index in [0.29, 0.717) is 25.1 Å². The van der Waals surface area contributed by atoms with Crippen LogP contribution in [0, 0.1) is 0 Å². The summed E-state index contributed by atoms with van der Waals surface area (Å²) in [5.74, 6) is 0.195. The van der Waals surface area contributed by atoms with Crippen molar-refractivity contribution in [1.29, 1.82) is 0 Å². The van der Waals surface area contributed by atoms with Crippen molar-refractivity contribution < 1.29 is 19.7 Å². The minimum atomic E-state index is -0.489. The van der Waals surface area contributed by atoms with Crippen LogP contribution in [0.3, 0.4) is 0 Å². The fourth-order valence-electron chi connectivity index (χ4n) is 3.42. The molecule has 0 atom stereocenters. The minimum absolute atomic E-state index is 0.0691. The van der Waals surface area contributed by atoms with Crippen molar-refractivity contribution in [2.45, 2.75) is 51.7 Å². The largest absolute Gasteiger partial charge is 0.507 e. The van der Waals surface area contributed by atoms with E-state index >= 15 is 0 Å². The first-order valence-corrected chi connectivity index (χ1v) is 9.72. The van der Waals surface area contributed by atoms with Gasteiger partial charge in [0.1, 0.15) is 11.4 Å². The van der Waals surface area contributed by atoms with E-state index < -0.39 is 5.60 Å². The van der Waals surface area contributed by atoms with Crippen LogP contribution in [0.4, 0.5) is 4.79 Å². The molecule has 0 aliphatic carbocycles. The lowest BCUT2D eigenvalue weighted by molar-refractivity contribution is 0.0185. The van der Waals surface area contributed by atoms with Crippen LogP contribution in [0.5, 0.6) is 5.75 Å². The highest BCUT2D eigenvalue weighted by Crippen LogP contribution is 2.32. The Morgan fingerprint density at radius 2 is 2.00 bits per heavy atom. The van der Waals surface area contributed by atoms with E-state index in [4.69, 9.17) is 9.84 Å². The minimum Gasteiger partial charge on any atom is -0.507 e. The summed E-state index contributed by atoms with van der Waals surface area (Å²) in [6, 6.07) is 5.55. The Hall–Kier alpha value is -2.54. The molecule has 2 N–H and O–H groups in total. The Balaban J connectivity index is 1.66. The number of piperidine rings is 1. The number of phenols is 1. The maximum Gasteiger partial charge on any atom is 0.410 e. The first-order valence-electron chi connectivity index (χ1n) is 9.72. The van der Waals surface area contributed by atoms with Gasteiger partial charge in [-0.3, -0.25) is 4.68 Å². The summed E-state index contributed by atoms with van der Waals surface area (Å²) in [6.07, 6.45) is 5.57. The van der Waals surface area contributed by atoms with Crippen molar-refractivity contribution in [3.63, 3.8) is 0 Å². The highest BCUT2D eigenvalue weighted by molar-refractivity contribution is 5.70. The van der Waals surface area contributed by atoms with Crippen LogP contribution in [-0.4, -0.2) is 56.3 Å². The lowest BCUT2D eigenvalue weighted by atomic mass is 10.0. The molecule has 1 aliphatic heterocycles. The molecule has 1 aromatic carbocycles. The zero-order chi connectivity index (χ0) is 20.3. The van der Waals surface area contributed by atoms with E-state index in [1.54, 1.807) is 17.2 Å². The summed E-state index contributed by atoms with van der Waals surface area (Å²) in [5, 5.41) is 23.8. The zero-order valence-corrected chi connectivity index (χ0v) is 16.8. The molecule has 0 radical (unpaired) electrons.